The summed E-state index contributed by atoms with van der Waals surface area (Å²) in [4.78, 5) is 15.0. The lowest BCUT2D eigenvalue weighted by molar-refractivity contribution is -0.145. The third-order valence-electron chi connectivity index (χ3n) is 1.72. The first-order chi connectivity index (χ1) is 7.11. The molecule has 15 heavy (non-hydrogen) atoms. The third kappa shape index (κ3) is 6.69. The first kappa shape index (κ1) is 13.7. The summed E-state index contributed by atoms with van der Waals surface area (Å²) in [6.07, 6.45) is 1.19. The Morgan fingerprint density at radius 3 is 2.67 bits per heavy atom. The molecular formula is C8H19N5O2. The number of rotatable bonds is 7. The number of carbonyl (C=O) groups is 1. The minimum atomic E-state index is -0.501. The van der Waals surface area contributed by atoms with E-state index in [1.807, 2.05) is 0 Å². The van der Waals surface area contributed by atoms with E-state index >= 15 is 0 Å². The van der Waals surface area contributed by atoms with Gasteiger partial charge in [-0.2, -0.15) is 0 Å². The summed E-state index contributed by atoms with van der Waals surface area (Å²) in [6, 6.07) is -0.501. The maximum absolute atomic E-state index is 11.3. The van der Waals surface area contributed by atoms with Crippen LogP contribution in [0.5, 0.6) is 0 Å². The van der Waals surface area contributed by atoms with Crippen LogP contribution in [0.1, 0.15) is 19.8 Å². The Kier molecular flexibility index (Phi) is 7.29. The number of carbonyl (C=O) groups excluding carboxylic acids is 1. The average molecular weight is 217 g/mol. The number of nitrogens with zero attached hydrogens (tertiary/aromatic N) is 1. The Labute approximate surface area is 89.0 Å². The van der Waals surface area contributed by atoms with Gasteiger partial charge in [-0.25, -0.2) is 5.43 Å². The number of esters is 1. The van der Waals surface area contributed by atoms with E-state index in [1.165, 1.54) is 0 Å². The molecule has 0 fully saturated rings. The van der Waals surface area contributed by atoms with Crippen molar-refractivity contribution in [3.8, 4) is 0 Å². The molecule has 88 valence electrons. The van der Waals surface area contributed by atoms with Crippen LogP contribution in [0.2, 0.25) is 0 Å². The molecule has 0 rings (SSSR count). The second kappa shape index (κ2) is 8.01. The second-order valence-corrected chi connectivity index (χ2v) is 2.92. The minimum absolute atomic E-state index is 0.0448. The molecule has 7 N–H and O–H groups in total. The van der Waals surface area contributed by atoms with Crippen molar-refractivity contribution in [2.75, 3.05) is 13.2 Å². The predicted octanol–water partition coefficient (Wildman–Crippen LogP) is -1.56. The fourth-order valence-electron chi connectivity index (χ4n) is 1.02. The van der Waals surface area contributed by atoms with Crippen molar-refractivity contribution >= 4 is 11.9 Å². The Balaban J connectivity index is 3.80. The maximum atomic E-state index is 11.3. The summed E-state index contributed by atoms with van der Waals surface area (Å²) in [6.45, 7) is 2.55. The number of hydrogen-bond acceptors (Lipinski definition) is 5. The SMILES string of the molecule is CCOC(=O)C(CCCN=C(N)N)NN. The quantitative estimate of drug-likeness (QED) is 0.102. The molecule has 0 radical (unpaired) electrons. The van der Waals surface area contributed by atoms with Crippen LogP contribution in [0.3, 0.4) is 0 Å². The highest BCUT2D eigenvalue weighted by atomic mass is 16.5. The highest BCUT2D eigenvalue weighted by molar-refractivity contribution is 5.76. The number of ether oxygens (including phenoxy) is 1. The topological polar surface area (TPSA) is 129 Å². The molecule has 0 saturated heterocycles. The number of nitrogens with one attached hydrogen (secondary N) is 1. The van der Waals surface area contributed by atoms with Crippen LogP contribution in [0, 0.1) is 0 Å². The molecular weight excluding hydrogens is 198 g/mol. The van der Waals surface area contributed by atoms with Crippen molar-refractivity contribution in [3.05, 3.63) is 0 Å². The summed E-state index contributed by atoms with van der Waals surface area (Å²) in [5.74, 6) is 4.90. The lowest BCUT2D eigenvalue weighted by Crippen LogP contribution is -2.42. The Bertz CT molecular complexity index is 215. The smallest absolute Gasteiger partial charge is 0.324 e. The largest absolute Gasteiger partial charge is 0.465 e. The Hall–Kier alpha value is -1.34. The Morgan fingerprint density at radius 2 is 2.20 bits per heavy atom. The molecule has 0 aromatic heterocycles. The van der Waals surface area contributed by atoms with E-state index in [4.69, 9.17) is 22.0 Å². The lowest BCUT2D eigenvalue weighted by atomic mass is 10.1. The van der Waals surface area contributed by atoms with Gasteiger partial charge in [-0.3, -0.25) is 15.6 Å². The zero-order chi connectivity index (χ0) is 11.7. The summed E-state index contributed by atoms with van der Waals surface area (Å²) in [5.41, 5.74) is 12.7. The van der Waals surface area contributed by atoms with E-state index in [-0.39, 0.29) is 11.9 Å². The lowest BCUT2D eigenvalue weighted by Gasteiger charge is -2.13. The molecule has 0 aromatic rings. The summed E-state index contributed by atoms with van der Waals surface area (Å²) in [7, 11) is 0. The molecule has 0 amide bonds. The highest BCUT2D eigenvalue weighted by Gasteiger charge is 2.16. The van der Waals surface area contributed by atoms with E-state index in [0.29, 0.717) is 26.0 Å². The van der Waals surface area contributed by atoms with Gasteiger partial charge in [0.15, 0.2) is 5.96 Å². The number of hydrazine groups is 1. The molecule has 7 nitrogen and oxygen atoms in total. The fraction of sp³-hybridized carbons (Fsp3) is 0.750. The van der Waals surface area contributed by atoms with Gasteiger partial charge in [0, 0.05) is 6.54 Å². The number of aliphatic imine (C=N–C) groups is 1. The highest BCUT2D eigenvalue weighted by Crippen LogP contribution is 1.99. The molecule has 0 aliphatic carbocycles. The first-order valence-corrected chi connectivity index (χ1v) is 4.80. The van der Waals surface area contributed by atoms with Gasteiger partial charge in [0.05, 0.1) is 6.61 Å². The normalized spacial score (nSPS) is 11.9. The fourth-order valence-corrected chi connectivity index (χ4v) is 1.02. The standard InChI is InChI=1S/C8H19N5O2/c1-2-15-7(14)6(13-11)4-3-5-12-8(9)10/h6,13H,2-5,11H2,1H3,(H4,9,10,12). The van der Waals surface area contributed by atoms with Crippen LogP contribution in [0.4, 0.5) is 0 Å². The molecule has 0 aliphatic rings. The van der Waals surface area contributed by atoms with Crippen LogP contribution in [0.15, 0.2) is 4.99 Å². The zero-order valence-electron chi connectivity index (χ0n) is 8.90. The minimum Gasteiger partial charge on any atom is -0.465 e. The molecule has 7 heteroatoms. The van der Waals surface area contributed by atoms with Crippen molar-refractivity contribution in [1.82, 2.24) is 5.43 Å². The maximum Gasteiger partial charge on any atom is 0.324 e. The molecule has 0 bridgehead atoms. The van der Waals surface area contributed by atoms with Gasteiger partial charge < -0.3 is 16.2 Å². The molecule has 0 saturated carbocycles. The van der Waals surface area contributed by atoms with Crippen LogP contribution < -0.4 is 22.7 Å². The van der Waals surface area contributed by atoms with E-state index < -0.39 is 6.04 Å². The molecule has 0 heterocycles. The monoisotopic (exact) mass is 217 g/mol. The van der Waals surface area contributed by atoms with E-state index in [1.54, 1.807) is 6.92 Å². The number of nitrogens with two attached hydrogens (primary N) is 3. The van der Waals surface area contributed by atoms with Crippen LogP contribution >= 0.6 is 0 Å². The summed E-state index contributed by atoms with van der Waals surface area (Å²) >= 11 is 0. The van der Waals surface area contributed by atoms with E-state index in [0.717, 1.165) is 0 Å². The predicted molar refractivity (Wildman–Crippen MR) is 57.7 cm³/mol. The zero-order valence-corrected chi connectivity index (χ0v) is 8.90. The molecule has 0 aliphatic heterocycles. The number of hydrogen-bond donors (Lipinski definition) is 4. The van der Waals surface area contributed by atoms with E-state index in [2.05, 4.69) is 10.4 Å². The van der Waals surface area contributed by atoms with Crippen molar-refractivity contribution in [2.24, 2.45) is 22.3 Å². The van der Waals surface area contributed by atoms with Crippen molar-refractivity contribution < 1.29 is 9.53 Å². The van der Waals surface area contributed by atoms with Gasteiger partial charge in [0.1, 0.15) is 6.04 Å². The van der Waals surface area contributed by atoms with Crippen LogP contribution in [0.25, 0.3) is 0 Å². The molecule has 0 spiro atoms. The molecule has 0 aromatic carbocycles. The van der Waals surface area contributed by atoms with Crippen molar-refractivity contribution in [3.63, 3.8) is 0 Å². The van der Waals surface area contributed by atoms with Gasteiger partial charge in [-0.05, 0) is 19.8 Å². The van der Waals surface area contributed by atoms with Gasteiger partial charge in [-0.15, -0.1) is 0 Å². The van der Waals surface area contributed by atoms with Crippen LogP contribution in [-0.2, 0) is 9.53 Å². The first-order valence-electron chi connectivity index (χ1n) is 4.80. The van der Waals surface area contributed by atoms with E-state index in [9.17, 15) is 4.79 Å². The second-order valence-electron chi connectivity index (χ2n) is 2.92. The molecule has 1 atom stereocenters. The van der Waals surface area contributed by atoms with Gasteiger partial charge in [0.2, 0.25) is 0 Å². The Morgan fingerprint density at radius 1 is 1.53 bits per heavy atom. The van der Waals surface area contributed by atoms with Gasteiger partial charge in [-0.1, -0.05) is 0 Å². The van der Waals surface area contributed by atoms with Gasteiger partial charge >= 0.3 is 5.97 Å². The molecule has 1 unspecified atom stereocenters. The average Bonchev–Trinajstić information content (AvgIpc) is 2.17. The summed E-state index contributed by atoms with van der Waals surface area (Å²) < 4.78 is 4.81. The summed E-state index contributed by atoms with van der Waals surface area (Å²) in [5, 5.41) is 0. The van der Waals surface area contributed by atoms with Gasteiger partial charge in [0.25, 0.3) is 0 Å². The number of guanidine groups is 1. The third-order valence-corrected chi connectivity index (χ3v) is 1.72. The van der Waals surface area contributed by atoms with Crippen LogP contribution in [-0.4, -0.2) is 31.1 Å². The van der Waals surface area contributed by atoms with Crippen molar-refractivity contribution in [2.45, 2.75) is 25.8 Å². The van der Waals surface area contributed by atoms with Crippen molar-refractivity contribution in [1.29, 1.82) is 0 Å².